The zero-order valence-electron chi connectivity index (χ0n) is 11.8. The van der Waals surface area contributed by atoms with Crippen molar-refractivity contribution < 1.29 is 5.21 Å². The summed E-state index contributed by atoms with van der Waals surface area (Å²) in [5.41, 5.74) is 8.49. The lowest BCUT2D eigenvalue weighted by molar-refractivity contribution is 0.318. The third-order valence-corrected chi connectivity index (χ3v) is 3.57. The van der Waals surface area contributed by atoms with E-state index in [0.29, 0.717) is 10.6 Å². The predicted molar refractivity (Wildman–Crippen MR) is 87.4 cm³/mol. The SMILES string of the molecule is CN(CCc1ccccc1)c1cc(Cl)ccc1C(N)=NO. The van der Waals surface area contributed by atoms with Gasteiger partial charge in [-0.15, -0.1) is 0 Å². The zero-order valence-corrected chi connectivity index (χ0v) is 12.6. The van der Waals surface area contributed by atoms with Crippen LogP contribution in [-0.4, -0.2) is 24.6 Å². The molecule has 0 heterocycles. The van der Waals surface area contributed by atoms with Crippen molar-refractivity contribution in [2.75, 3.05) is 18.5 Å². The van der Waals surface area contributed by atoms with Crippen molar-refractivity contribution in [1.82, 2.24) is 0 Å². The van der Waals surface area contributed by atoms with Gasteiger partial charge in [-0.05, 0) is 30.2 Å². The molecule has 0 aliphatic heterocycles. The molecule has 2 aromatic rings. The van der Waals surface area contributed by atoms with Crippen molar-refractivity contribution in [2.24, 2.45) is 10.9 Å². The number of hydrogen-bond donors (Lipinski definition) is 2. The predicted octanol–water partition coefficient (Wildman–Crippen LogP) is 3.11. The summed E-state index contributed by atoms with van der Waals surface area (Å²) in [5, 5.41) is 12.6. The van der Waals surface area contributed by atoms with Gasteiger partial charge in [0.05, 0.1) is 0 Å². The fourth-order valence-electron chi connectivity index (χ4n) is 2.15. The molecule has 0 aliphatic carbocycles. The van der Waals surface area contributed by atoms with Crippen LogP contribution in [0.2, 0.25) is 5.02 Å². The molecule has 0 saturated heterocycles. The van der Waals surface area contributed by atoms with Gasteiger partial charge in [-0.1, -0.05) is 47.1 Å². The van der Waals surface area contributed by atoms with Crippen LogP contribution in [0.25, 0.3) is 0 Å². The molecule has 5 heteroatoms. The number of benzene rings is 2. The molecule has 0 aromatic heterocycles. The third kappa shape index (κ3) is 3.89. The number of nitrogens with two attached hydrogens (primary N) is 1. The van der Waals surface area contributed by atoms with Crippen LogP contribution in [-0.2, 0) is 6.42 Å². The largest absolute Gasteiger partial charge is 0.409 e. The van der Waals surface area contributed by atoms with Gasteiger partial charge in [-0.25, -0.2) is 0 Å². The Labute approximate surface area is 129 Å². The molecule has 2 aromatic carbocycles. The Bertz CT molecular complexity index is 629. The first-order chi connectivity index (χ1) is 10.1. The molecule has 0 spiro atoms. The van der Waals surface area contributed by atoms with Crippen LogP contribution in [0.5, 0.6) is 0 Å². The second-order valence-electron chi connectivity index (χ2n) is 4.80. The van der Waals surface area contributed by atoms with E-state index in [-0.39, 0.29) is 5.84 Å². The number of anilines is 1. The first-order valence-electron chi connectivity index (χ1n) is 6.64. The second kappa shape index (κ2) is 6.99. The van der Waals surface area contributed by atoms with Crippen molar-refractivity contribution >= 4 is 23.1 Å². The van der Waals surface area contributed by atoms with E-state index in [1.807, 2.05) is 36.2 Å². The van der Waals surface area contributed by atoms with E-state index in [4.69, 9.17) is 22.5 Å². The number of oxime groups is 1. The van der Waals surface area contributed by atoms with Gasteiger partial charge in [0.2, 0.25) is 0 Å². The van der Waals surface area contributed by atoms with Crippen LogP contribution >= 0.6 is 11.6 Å². The van der Waals surface area contributed by atoms with E-state index < -0.39 is 0 Å². The standard InChI is InChI=1S/C16H18ClN3O/c1-20(10-9-12-5-3-2-4-6-12)15-11-13(17)7-8-14(15)16(18)19-21/h2-8,11,21H,9-10H2,1H3,(H2,18,19). The molecule has 0 radical (unpaired) electrons. The number of rotatable bonds is 5. The average Bonchev–Trinajstić information content (AvgIpc) is 2.52. The van der Waals surface area contributed by atoms with Gasteiger partial charge in [0, 0.05) is 29.9 Å². The van der Waals surface area contributed by atoms with E-state index in [2.05, 4.69) is 17.3 Å². The average molecular weight is 304 g/mol. The number of halogens is 1. The molecular weight excluding hydrogens is 286 g/mol. The van der Waals surface area contributed by atoms with E-state index >= 15 is 0 Å². The summed E-state index contributed by atoms with van der Waals surface area (Å²) in [5.74, 6) is 0.0771. The molecule has 0 saturated carbocycles. The Morgan fingerprint density at radius 2 is 1.95 bits per heavy atom. The minimum absolute atomic E-state index is 0.0771. The van der Waals surface area contributed by atoms with Crippen LogP contribution in [0, 0.1) is 0 Å². The summed E-state index contributed by atoms with van der Waals surface area (Å²) >= 11 is 6.06. The number of amidine groups is 1. The van der Waals surface area contributed by atoms with Gasteiger partial charge in [0.15, 0.2) is 5.84 Å². The van der Waals surface area contributed by atoms with Crippen LogP contribution < -0.4 is 10.6 Å². The molecule has 2 rings (SSSR count). The zero-order chi connectivity index (χ0) is 15.2. The number of nitrogens with zero attached hydrogens (tertiary/aromatic N) is 2. The summed E-state index contributed by atoms with van der Waals surface area (Å²) in [6.45, 7) is 0.802. The van der Waals surface area contributed by atoms with E-state index in [1.54, 1.807) is 12.1 Å². The molecule has 0 aliphatic rings. The molecule has 0 bridgehead atoms. The minimum Gasteiger partial charge on any atom is -0.409 e. The highest BCUT2D eigenvalue weighted by molar-refractivity contribution is 6.31. The van der Waals surface area contributed by atoms with Crippen LogP contribution in [0.1, 0.15) is 11.1 Å². The number of likely N-dealkylation sites (N-methyl/N-ethyl adjacent to an activating group) is 1. The smallest absolute Gasteiger partial charge is 0.172 e. The topological polar surface area (TPSA) is 61.8 Å². The van der Waals surface area contributed by atoms with Crippen molar-refractivity contribution in [1.29, 1.82) is 0 Å². The maximum atomic E-state index is 8.88. The Hall–Kier alpha value is -2.20. The quantitative estimate of drug-likeness (QED) is 0.386. The van der Waals surface area contributed by atoms with E-state index in [9.17, 15) is 0 Å². The summed E-state index contributed by atoms with van der Waals surface area (Å²) in [4.78, 5) is 2.05. The summed E-state index contributed by atoms with van der Waals surface area (Å²) in [6.07, 6.45) is 0.902. The Kier molecular flexibility index (Phi) is 5.06. The van der Waals surface area contributed by atoms with Gasteiger partial charge in [0.25, 0.3) is 0 Å². The van der Waals surface area contributed by atoms with Crippen LogP contribution in [0.3, 0.4) is 0 Å². The molecule has 110 valence electrons. The first-order valence-corrected chi connectivity index (χ1v) is 7.02. The Morgan fingerprint density at radius 1 is 1.24 bits per heavy atom. The maximum absolute atomic E-state index is 8.88. The molecule has 0 unspecified atom stereocenters. The summed E-state index contributed by atoms with van der Waals surface area (Å²) < 4.78 is 0. The Morgan fingerprint density at radius 3 is 2.62 bits per heavy atom. The summed E-state index contributed by atoms with van der Waals surface area (Å²) in [6, 6.07) is 15.5. The first kappa shape index (κ1) is 15.2. The minimum atomic E-state index is 0.0771. The maximum Gasteiger partial charge on any atom is 0.172 e. The molecular formula is C16H18ClN3O. The third-order valence-electron chi connectivity index (χ3n) is 3.33. The molecule has 21 heavy (non-hydrogen) atoms. The normalized spacial score (nSPS) is 11.4. The fourth-order valence-corrected chi connectivity index (χ4v) is 2.32. The van der Waals surface area contributed by atoms with Crippen LogP contribution in [0.4, 0.5) is 5.69 Å². The van der Waals surface area contributed by atoms with Gasteiger partial charge >= 0.3 is 0 Å². The second-order valence-corrected chi connectivity index (χ2v) is 5.24. The number of hydrogen-bond acceptors (Lipinski definition) is 3. The molecule has 0 fully saturated rings. The van der Waals surface area contributed by atoms with Crippen molar-refractivity contribution in [3.63, 3.8) is 0 Å². The Balaban J connectivity index is 2.18. The lowest BCUT2D eigenvalue weighted by Gasteiger charge is -2.22. The molecule has 0 atom stereocenters. The van der Waals surface area contributed by atoms with Crippen molar-refractivity contribution in [3.8, 4) is 0 Å². The van der Waals surface area contributed by atoms with Gasteiger partial charge in [0.1, 0.15) is 0 Å². The van der Waals surface area contributed by atoms with Crippen LogP contribution in [0.15, 0.2) is 53.7 Å². The van der Waals surface area contributed by atoms with Gasteiger partial charge in [-0.3, -0.25) is 0 Å². The lowest BCUT2D eigenvalue weighted by atomic mass is 10.1. The monoisotopic (exact) mass is 303 g/mol. The van der Waals surface area contributed by atoms with Crippen molar-refractivity contribution in [3.05, 3.63) is 64.7 Å². The highest BCUT2D eigenvalue weighted by Gasteiger charge is 2.12. The highest BCUT2D eigenvalue weighted by Crippen LogP contribution is 2.24. The molecule has 4 nitrogen and oxygen atoms in total. The van der Waals surface area contributed by atoms with E-state index in [0.717, 1.165) is 18.7 Å². The summed E-state index contributed by atoms with van der Waals surface area (Å²) in [7, 11) is 1.96. The molecule has 3 N–H and O–H groups in total. The van der Waals surface area contributed by atoms with Gasteiger partial charge < -0.3 is 15.8 Å². The fraction of sp³-hybridized carbons (Fsp3) is 0.188. The van der Waals surface area contributed by atoms with Crippen molar-refractivity contribution in [2.45, 2.75) is 6.42 Å². The lowest BCUT2D eigenvalue weighted by Crippen LogP contribution is -2.25. The highest BCUT2D eigenvalue weighted by atomic mass is 35.5. The van der Waals surface area contributed by atoms with E-state index in [1.165, 1.54) is 5.56 Å². The molecule has 0 amide bonds. The van der Waals surface area contributed by atoms with Gasteiger partial charge in [-0.2, -0.15) is 0 Å².